The molecular weight excluding hydrogens is 308 g/mol. The molecule has 4 rings (SSSR count). The summed E-state index contributed by atoms with van der Waals surface area (Å²) in [6.07, 6.45) is 2.40. The summed E-state index contributed by atoms with van der Waals surface area (Å²) in [6, 6.07) is 8.70. The van der Waals surface area contributed by atoms with Gasteiger partial charge in [-0.05, 0) is 31.5 Å². The van der Waals surface area contributed by atoms with Crippen LogP contribution in [0.1, 0.15) is 23.4 Å². The summed E-state index contributed by atoms with van der Waals surface area (Å²) < 4.78 is 11.4. The van der Waals surface area contributed by atoms with Crippen LogP contribution in [0.25, 0.3) is 11.0 Å². The third kappa shape index (κ3) is 2.95. The second-order valence-electron chi connectivity index (χ2n) is 6.43. The van der Waals surface area contributed by atoms with Crippen LogP contribution in [0.5, 0.6) is 0 Å². The Balaban J connectivity index is 1.42. The Morgan fingerprint density at radius 1 is 1.33 bits per heavy atom. The average molecular weight is 328 g/mol. The molecule has 2 atom stereocenters. The fourth-order valence-electron chi connectivity index (χ4n) is 3.52. The molecular formula is C18H20N2O4. The van der Waals surface area contributed by atoms with Crippen molar-refractivity contribution in [3.63, 3.8) is 0 Å². The number of hydrogen-bond donors (Lipinski definition) is 1. The standard InChI is InChI=1S/C18H20N2O4/c21-15-8-17(24-16-6-2-1-5-14(15)16)18(22)19-9-13-10-20-7-3-4-12(20)11-23-13/h1-2,5-6,8,12-13H,3-4,7,9-11H2,(H,19,22)/t12-,13-/m1/s1. The van der Waals surface area contributed by atoms with Crippen molar-refractivity contribution in [1.82, 2.24) is 10.2 Å². The Labute approximate surface area is 139 Å². The highest BCUT2D eigenvalue weighted by Gasteiger charge is 2.32. The van der Waals surface area contributed by atoms with Gasteiger partial charge in [-0.3, -0.25) is 14.5 Å². The molecule has 1 N–H and O–H groups in total. The maximum atomic E-state index is 12.3. The van der Waals surface area contributed by atoms with E-state index in [9.17, 15) is 9.59 Å². The number of amides is 1. The Hall–Kier alpha value is -2.18. The summed E-state index contributed by atoms with van der Waals surface area (Å²) in [7, 11) is 0. The van der Waals surface area contributed by atoms with Gasteiger partial charge in [0, 0.05) is 25.2 Å². The molecule has 2 aliphatic heterocycles. The van der Waals surface area contributed by atoms with Gasteiger partial charge in [0.25, 0.3) is 5.91 Å². The van der Waals surface area contributed by atoms with E-state index in [1.54, 1.807) is 24.3 Å². The molecule has 1 amide bonds. The van der Waals surface area contributed by atoms with E-state index in [-0.39, 0.29) is 23.2 Å². The smallest absolute Gasteiger partial charge is 0.287 e. The molecule has 3 heterocycles. The van der Waals surface area contributed by atoms with Gasteiger partial charge < -0.3 is 14.5 Å². The lowest BCUT2D eigenvalue weighted by Crippen LogP contribution is -2.50. The van der Waals surface area contributed by atoms with Gasteiger partial charge in [0.15, 0.2) is 11.2 Å². The van der Waals surface area contributed by atoms with Crippen molar-refractivity contribution in [1.29, 1.82) is 0 Å². The molecule has 24 heavy (non-hydrogen) atoms. The summed E-state index contributed by atoms with van der Waals surface area (Å²) in [5, 5.41) is 3.29. The van der Waals surface area contributed by atoms with Gasteiger partial charge in [0.05, 0.1) is 18.1 Å². The number of rotatable bonds is 3. The number of hydrogen-bond acceptors (Lipinski definition) is 5. The maximum absolute atomic E-state index is 12.3. The molecule has 0 bridgehead atoms. The van der Waals surface area contributed by atoms with E-state index in [1.165, 1.54) is 18.9 Å². The van der Waals surface area contributed by atoms with Crippen LogP contribution in [0.4, 0.5) is 0 Å². The van der Waals surface area contributed by atoms with Gasteiger partial charge in [-0.2, -0.15) is 0 Å². The van der Waals surface area contributed by atoms with Crippen LogP contribution in [-0.4, -0.2) is 49.2 Å². The molecule has 2 fully saturated rings. The first kappa shape index (κ1) is 15.4. The molecule has 2 saturated heterocycles. The zero-order valence-electron chi connectivity index (χ0n) is 13.4. The number of nitrogens with zero attached hydrogens (tertiary/aromatic N) is 1. The van der Waals surface area contributed by atoms with Gasteiger partial charge in [0.1, 0.15) is 5.58 Å². The first-order valence-corrected chi connectivity index (χ1v) is 8.37. The van der Waals surface area contributed by atoms with Gasteiger partial charge in [0.2, 0.25) is 0 Å². The van der Waals surface area contributed by atoms with E-state index >= 15 is 0 Å². The van der Waals surface area contributed by atoms with Crippen LogP contribution >= 0.6 is 0 Å². The first-order valence-electron chi connectivity index (χ1n) is 8.37. The normalized spacial score (nSPS) is 24.0. The van der Waals surface area contributed by atoms with Crippen molar-refractivity contribution in [2.45, 2.75) is 25.0 Å². The Morgan fingerprint density at radius 2 is 2.21 bits per heavy atom. The molecule has 0 unspecified atom stereocenters. The van der Waals surface area contributed by atoms with E-state index in [1.807, 2.05) is 0 Å². The van der Waals surface area contributed by atoms with Gasteiger partial charge in [-0.15, -0.1) is 0 Å². The molecule has 1 aromatic heterocycles. The highest BCUT2D eigenvalue weighted by atomic mass is 16.5. The van der Waals surface area contributed by atoms with Crippen LogP contribution in [0.2, 0.25) is 0 Å². The fourth-order valence-corrected chi connectivity index (χ4v) is 3.52. The van der Waals surface area contributed by atoms with Gasteiger partial charge in [-0.25, -0.2) is 0 Å². The predicted octanol–water partition coefficient (Wildman–Crippen LogP) is 1.39. The second kappa shape index (κ2) is 6.37. The van der Waals surface area contributed by atoms with Gasteiger partial charge in [-0.1, -0.05) is 12.1 Å². The number of carbonyl (C=O) groups excluding carboxylic acids is 1. The van der Waals surface area contributed by atoms with Crippen LogP contribution in [0.15, 0.2) is 39.5 Å². The summed E-state index contributed by atoms with van der Waals surface area (Å²) in [5.74, 6) is -0.349. The second-order valence-corrected chi connectivity index (χ2v) is 6.43. The van der Waals surface area contributed by atoms with Crippen molar-refractivity contribution in [3.8, 4) is 0 Å². The van der Waals surface area contributed by atoms with E-state index in [0.29, 0.717) is 23.6 Å². The molecule has 0 radical (unpaired) electrons. The van der Waals surface area contributed by atoms with Crippen LogP contribution in [-0.2, 0) is 4.74 Å². The zero-order valence-corrected chi connectivity index (χ0v) is 13.4. The molecule has 0 spiro atoms. The largest absolute Gasteiger partial charge is 0.451 e. The monoisotopic (exact) mass is 328 g/mol. The number of fused-ring (bicyclic) bond motifs is 2. The maximum Gasteiger partial charge on any atom is 0.287 e. The third-order valence-electron chi connectivity index (χ3n) is 4.81. The van der Waals surface area contributed by atoms with Crippen molar-refractivity contribution in [2.24, 2.45) is 0 Å². The summed E-state index contributed by atoms with van der Waals surface area (Å²) in [5.41, 5.74) is 0.208. The summed E-state index contributed by atoms with van der Waals surface area (Å²) in [4.78, 5) is 26.8. The number of morpholine rings is 1. The topological polar surface area (TPSA) is 71.8 Å². The number of ether oxygens (including phenoxy) is 1. The highest BCUT2D eigenvalue weighted by molar-refractivity contribution is 5.93. The van der Waals surface area contributed by atoms with Crippen LogP contribution in [0, 0.1) is 0 Å². The van der Waals surface area contributed by atoms with Crippen LogP contribution < -0.4 is 10.7 Å². The van der Waals surface area contributed by atoms with Crippen molar-refractivity contribution >= 4 is 16.9 Å². The molecule has 6 heteroatoms. The lowest BCUT2D eigenvalue weighted by Gasteiger charge is -2.35. The minimum absolute atomic E-state index is 0.0181. The minimum Gasteiger partial charge on any atom is -0.451 e. The SMILES string of the molecule is O=C(NC[C@@H]1CN2CCC[C@@H]2CO1)c1cc(=O)c2ccccc2o1. The Kier molecular flexibility index (Phi) is 4.08. The average Bonchev–Trinajstić information content (AvgIpc) is 3.07. The Morgan fingerprint density at radius 3 is 3.12 bits per heavy atom. The molecule has 126 valence electrons. The summed E-state index contributed by atoms with van der Waals surface area (Å²) in [6.45, 7) is 3.09. The molecule has 6 nitrogen and oxygen atoms in total. The molecule has 2 aliphatic rings. The fraction of sp³-hybridized carbons (Fsp3) is 0.444. The summed E-state index contributed by atoms with van der Waals surface area (Å²) >= 11 is 0. The van der Waals surface area contributed by atoms with Crippen molar-refractivity contribution < 1.29 is 13.9 Å². The number of benzene rings is 1. The van der Waals surface area contributed by atoms with E-state index in [0.717, 1.165) is 19.7 Å². The van der Waals surface area contributed by atoms with Crippen molar-refractivity contribution in [3.05, 3.63) is 46.3 Å². The molecule has 0 saturated carbocycles. The lowest BCUT2D eigenvalue weighted by molar-refractivity contribution is -0.0462. The van der Waals surface area contributed by atoms with E-state index in [2.05, 4.69) is 10.2 Å². The molecule has 1 aromatic carbocycles. The van der Waals surface area contributed by atoms with Gasteiger partial charge >= 0.3 is 0 Å². The Bertz CT molecular complexity index is 816. The minimum atomic E-state index is -0.384. The number of nitrogens with one attached hydrogen (secondary N) is 1. The first-order chi connectivity index (χ1) is 11.7. The van der Waals surface area contributed by atoms with Crippen molar-refractivity contribution in [2.75, 3.05) is 26.2 Å². The number of para-hydroxylation sites is 1. The third-order valence-corrected chi connectivity index (χ3v) is 4.81. The highest BCUT2D eigenvalue weighted by Crippen LogP contribution is 2.22. The molecule has 0 aliphatic carbocycles. The lowest BCUT2D eigenvalue weighted by atomic mass is 10.2. The molecule has 2 aromatic rings. The predicted molar refractivity (Wildman–Crippen MR) is 89.2 cm³/mol. The van der Waals surface area contributed by atoms with E-state index < -0.39 is 0 Å². The van der Waals surface area contributed by atoms with Crippen LogP contribution in [0.3, 0.4) is 0 Å². The van der Waals surface area contributed by atoms with E-state index in [4.69, 9.17) is 9.15 Å². The zero-order chi connectivity index (χ0) is 16.5. The number of carbonyl (C=O) groups is 1. The quantitative estimate of drug-likeness (QED) is 0.922.